The lowest BCUT2D eigenvalue weighted by molar-refractivity contribution is 0.290. The molecule has 3 nitrogen and oxygen atoms in total. The molecule has 0 saturated heterocycles. The van der Waals surface area contributed by atoms with Gasteiger partial charge in [-0.1, -0.05) is 0 Å². The van der Waals surface area contributed by atoms with E-state index in [2.05, 4.69) is 0 Å². The third-order valence-electron chi connectivity index (χ3n) is 2.31. The van der Waals surface area contributed by atoms with Crippen molar-refractivity contribution < 1.29 is 19.2 Å². The molecule has 0 saturated carbocycles. The van der Waals surface area contributed by atoms with Crippen LogP contribution in [0.2, 0.25) is 0 Å². The van der Waals surface area contributed by atoms with Crippen LogP contribution in [0.1, 0.15) is 6.42 Å². The van der Waals surface area contributed by atoms with E-state index in [9.17, 15) is 4.39 Å². The van der Waals surface area contributed by atoms with Gasteiger partial charge >= 0.3 is 7.12 Å². The maximum atomic E-state index is 11.9. The van der Waals surface area contributed by atoms with Crippen molar-refractivity contribution in [1.82, 2.24) is 0 Å². The highest BCUT2D eigenvalue weighted by Gasteiger charge is 2.14. The minimum atomic E-state index is -1.44. The van der Waals surface area contributed by atoms with Gasteiger partial charge in [0, 0.05) is 15.9 Å². The van der Waals surface area contributed by atoms with Gasteiger partial charge in [0.2, 0.25) is 0 Å². The Morgan fingerprint density at radius 1 is 1.29 bits per heavy atom. The molecule has 6 heteroatoms. The minimum Gasteiger partial charge on any atom is -0.493 e. The molecule has 2 aromatic rings. The summed E-state index contributed by atoms with van der Waals surface area (Å²) in [6.07, 6.45) is 0.378. The van der Waals surface area contributed by atoms with Crippen LogP contribution >= 0.6 is 11.3 Å². The van der Waals surface area contributed by atoms with E-state index in [0.717, 1.165) is 10.1 Å². The number of hydrogen-bond acceptors (Lipinski definition) is 4. The van der Waals surface area contributed by atoms with E-state index in [0.29, 0.717) is 23.6 Å². The van der Waals surface area contributed by atoms with Crippen LogP contribution in [0, 0.1) is 0 Å². The van der Waals surface area contributed by atoms with Crippen molar-refractivity contribution in [3.8, 4) is 5.75 Å². The molecule has 0 aliphatic carbocycles. The Balaban J connectivity index is 2.18. The summed E-state index contributed by atoms with van der Waals surface area (Å²) in [5.74, 6) is 0.673. The molecule has 0 spiro atoms. The number of alkyl halides is 1. The lowest BCUT2D eigenvalue weighted by Gasteiger charge is -2.03. The summed E-state index contributed by atoms with van der Waals surface area (Å²) in [5.41, 5.74) is 0. The molecule has 0 atom stereocenters. The predicted octanol–water partition coefficient (Wildman–Crippen LogP) is 1.32. The van der Waals surface area contributed by atoms with Crippen molar-refractivity contribution in [2.75, 3.05) is 13.3 Å². The van der Waals surface area contributed by atoms with Crippen LogP contribution in [0.25, 0.3) is 10.1 Å². The molecule has 0 radical (unpaired) electrons. The van der Waals surface area contributed by atoms with Gasteiger partial charge in [-0.15, -0.1) is 11.3 Å². The fourth-order valence-electron chi connectivity index (χ4n) is 1.49. The number of hydrogen-bond donors (Lipinski definition) is 2. The van der Waals surface area contributed by atoms with Crippen molar-refractivity contribution >= 4 is 33.3 Å². The van der Waals surface area contributed by atoms with Gasteiger partial charge in [-0.25, -0.2) is 0 Å². The number of ether oxygens (including phenoxy) is 1. The first-order chi connectivity index (χ1) is 8.20. The zero-order valence-corrected chi connectivity index (χ0v) is 9.91. The fraction of sp³-hybridized carbons (Fsp3) is 0.273. The summed E-state index contributed by atoms with van der Waals surface area (Å²) in [5, 5.41) is 19.1. The molecule has 0 amide bonds. The number of fused-ring (bicyclic) bond motifs is 1. The molecule has 90 valence electrons. The normalized spacial score (nSPS) is 10.8. The van der Waals surface area contributed by atoms with Crippen molar-refractivity contribution in [3.63, 3.8) is 0 Å². The molecule has 0 fully saturated rings. The molecule has 17 heavy (non-hydrogen) atoms. The predicted molar refractivity (Wildman–Crippen MR) is 67.7 cm³/mol. The fourth-order valence-corrected chi connectivity index (χ4v) is 2.46. The van der Waals surface area contributed by atoms with Gasteiger partial charge in [0.05, 0.1) is 13.3 Å². The summed E-state index contributed by atoms with van der Waals surface area (Å²) in [7, 11) is -1.44. The number of halogens is 1. The average molecular weight is 254 g/mol. The Kier molecular flexibility index (Phi) is 3.99. The van der Waals surface area contributed by atoms with E-state index < -0.39 is 7.12 Å². The lowest BCUT2D eigenvalue weighted by Crippen LogP contribution is -2.26. The zero-order chi connectivity index (χ0) is 12.3. The molecule has 2 rings (SSSR count). The monoisotopic (exact) mass is 254 g/mol. The molecule has 0 aliphatic rings. The van der Waals surface area contributed by atoms with Crippen molar-refractivity contribution in [1.29, 1.82) is 0 Å². The molecule has 1 aromatic heterocycles. The van der Waals surface area contributed by atoms with E-state index in [1.807, 2.05) is 12.1 Å². The van der Waals surface area contributed by atoms with Crippen molar-refractivity contribution in [2.45, 2.75) is 6.42 Å². The molecular weight excluding hydrogens is 242 g/mol. The highest BCUT2D eigenvalue weighted by Crippen LogP contribution is 2.24. The summed E-state index contributed by atoms with van der Waals surface area (Å²) >= 11 is 1.30. The highest BCUT2D eigenvalue weighted by molar-refractivity contribution is 7.27. The SMILES string of the molecule is OB(O)c1cc2ccc(OCCCF)cc2s1. The summed E-state index contributed by atoms with van der Waals surface area (Å²) in [4.78, 5) is 0. The smallest absolute Gasteiger partial charge is 0.493 e. The molecule has 0 aliphatic heterocycles. The quantitative estimate of drug-likeness (QED) is 0.625. The van der Waals surface area contributed by atoms with E-state index in [1.54, 1.807) is 12.1 Å². The number of benzene rings is 1. The van der Waals surface area contributed by atoms with Gasteiger partial charge in [0.1, 0.15) is 5.75 Å². The number of thiophene rings is 1. The van der Waals surface area contributed by atoms with Gasteiger partial charge in [0.25, 0.3) is 0 Å². The van der Waals surface area contributed by atoms with E-state index in [-0.39, 0.29) is 6.67 Å². The molecule has 0 bridgehead atoms. The van der Waals surface area contributed by atoms with Crippen LogP contribution in [-0.2, 0) is 0 Å². The molecule has 1 heterocycles. The first-order valence-electron chi connectivity index (χ1n) is 5.29. The second-order valence-electron chi connectivity index (χ2n) is 3.61. The average Bonchev–Trinajstić information content (AvgIpc) is 2.72. The van der Waals surface area contributed by atoms with Crippen LogP contribution in [0.5, 0.6) is 5.75 Å². The van der Waals surface area contributed by atoms with Crippen LogP contribution in [-0.4, -0.2) is 30.4 Å². The van der Waals surface area contributed by atoms with E-state index in [4.69, 9.17) is 14.8 Å². The second kappa shape index (κ2) is 5.49. The zero-order valence-electron chi connectivity index (χ0n) is 9.10. The van der Waals surface area contributed by atoms with Crippen molar-refractivity contribution in [2.24, 2.45) is 0 Å². The van der Waals surface area contributed by atoms with Crippen LogP contribution in [0.3, 0.4) is 0 Å². The van der Waals surface area contributed by atoms with E-state index in [1.165, 1.54) is 11.3 Å². The Hall–Kier alpha value is -1.11. The standard InChI is InChI=1S/C11H12BFO3S/c13-4-1-5-16-9-3-2-8-6-11(12(14)15)17-10(8)7-9/h2-3,6-7,14-15H,1,4-5H2. The first-order valence-corrected chi connectivity index (χ1v) is 6.11. The topological polar surface area (TPSA) is 49.7 Å². The van der Waals surface area contributed by atoms with Gasteiger partial charge in [-0.05, 0) is 29.7 Å². The summed E-state index contributed by atoms with van der Waals surface area (Å²) < 4.78 is 18.7. The Morgan fingerprint density at radius 2 is 2.12 bits per heavy atom. The lowest BCUT2D eigenvalue weighted by atomic mass is 9.89. The Labute approximate surface area is 103 Å². The van der Waals surface area contributed by atoms with E-state index >= 15 is 0 Å². The van der Waals surface area contributed by atoms with Gasteiger partial charge < -0.3 is 14.8 Å². The Morgan fingerprint density at radius 3 is 2.82 bits per heavy atom. The third kappa shape index (κ3) is 2.97. The van der Waals surface area contributed by atoms with Gasteiger partial charge in [-0.2, -0.15) is 0 Å². The highest BCUT2D eigenvalue weighted by atomic mass is 32.1. The first kappa shape index (κ1) is 12.4. The second-order valence-corrected chi connectivity index (χ2v) is 4.73. The summed E-state index contributed by atoms with van der Waals surface area (Å²) in [6.45, 7) is -0.0367. The molecule has 2 N–H and O–H groups in total. The van der Waals surface area contributed by atoms with Crippen LogP contribution in [0.4, 0.5) is 4.39 Å². The van der Waals surface area contributed by atoms with Gasteiger partial charge in [0.15, 0.2) is 0 Å². The molecule has 0 unspecified atom stereocenters. The Bertz CT molecular complexity index is 500. The van der Waals surface area contributed by atoms with Crippen LogP contribution < -0.4 is 9.51 Å². The largest absolute Gasteiger partial charge is 0.499 e. The number of rotatable bonds is 5. The van der Waals surface area contributed by atoms with Crippen LogP contribution in [0.15, 0.2) is 24.3 Å². The van der Waals surface area contributed by atoms with Gasteiger partial charge in [-0.3, -0.25) is 4.39 Å². The minimum absolute atomic E-state index is 0.350. The third-order valence-corrected chi connectivity index (χ3v) is 3.45. The molecular formula is C11H12BFO3S. The van der Waals surface area contributed by atoms with Crippen molar-refractivity contribution in [3.05, 3.63) is 24.3 Å². The maximum absolute atomic E-state index is 11.9. The molecule has 1 aromatic carbocycles. The summed E-state index contributed by atoms with van der Waals surface area (Å²) in [6, 6.07) is 7.20. The maximum Gasteiger partial charge on any atom is 0.499 e.